The van der Waals surface area contributed by atoms with Crippen LogP contribution >= 0.6 is 0 Å². The van der Waals surface area contributed by atoms with Crippen molar-refractivity contribution in [1.82, 2.24) is 14.8 Å². The Bertz CT molecular complexity index is 471. The lowest BCUT2D eigenvalue weighted by molar-refractivity contribution is 0.264. The quantitative estimate of drug-likeness (QED) is 0.846. The van der Waals surface area contributed by atoms with Crippen LogP contribution in [0, 0.1) is 13.8 Å². The molecule has 0 aliphatic carbocycles. The molecule has 0 atom stereocenters. The van der Waals surface area contributed by atoms with Gasteiger partial charge < -0.3 is 5.11 Å². The fourth-order valence-corrected chi connectivity index (χ4v) is 1.79. The van der Waals surface area contributed by atoms with E-state index in [0.29, 0.717) is 12.4 Å². The Balaban J connectivity index is 2.34. The lowest BCUT2D eigenvalue weighted by Gasteiger charge is -2.10. The summed E-state index contributed by atoms with van der Waals surface area (Å²) in [5.41, 5.74) is 3.71. The zero-order valence-electron chi connectivity index (χ0n) is 9.51. The van der Waals surface area contributed by atoms with Crippen LogP contribution < -0.4 is 0 Å². The number of rotatable bonds is 3. The predicted octanol–water partition coefficient (Wildman–Crippen LogP) is 1.44. The van der Waals surface area contributed by atoms with E-state index >= 15 is 0 Å². The van der Waals surface area contributed by atoms with Gasteiger partial charge in [0.1, 0.15) is 12.9 Å². The maximum atomic E-state index is 9.10. The maximum Gasteiger partial charge on any atom is 0.152 e. The Morgan fingerprint density at radius 2 is 1.94 bits per heavy atom. The van der Waals surface area contributed by atoms with E-state index in [9.17, 15) is 0 Å². The number of aliphatic hydroxyl groups is 1. The summed E-state index contributed by atoms with van der Waals surface area (Å²) in [5, 5.41) is 13.2. The van der Waals surface area contributed by atoms with Gasteiger partial charge in [0.15, 0.2) is 5.82 Å². The molecule has 1 heterocycles. The highest BCUT2D eigenvalue weighted by Crippen LogP contribution is 2.14. The van der Waals surface area contributed by atoms with E-state index in [1.165, 1.54) is 23.0 Å². The molecule has 1 N–H and O–H groups in total. The second-order valence-electron chi connectivity index (χ2n) is 3.86. The monoisotopic (exact) mass is 217 g/mol. The Kier molecular flexibility index (Phi) is 3.01. The highest BCUT2D eigenvalue weighted by atomic mass is 16.3. The number of hydrogen-bond acceptors (Lipinski definition) is 3. The third kappa shape index (κ3) is 1.97. The number of benzene rings is 1. The average molecular weight is 217 g/mol. The van der Waals surface area contributed by atoms with Crippen molar-refractivity contribution in [3.63, 3.8) is 0 Å². The first-order valence-electron chi connectivity index (χ1n) is 5.25. The SMILES string of the molecule is Cc1cccc(C)c1Cn1ncnc1CO. The summed E-state index contributed by atoms with van der Waals surface area (Å²) in [5.74, 6) is 0.600. The van der Waals surface area contributed by atoms with Crippen molar-refractivity contribution in [3.05, 3.63) is 47.0 Å². The molecule has 0 fully saturated rings. The first-order valence-corrected chi connectivity index (χ1v) is 5.25. The fraction of sp³-hybridized carbons (Fsp3) is 0.333. The molecular weight excluding hydrogens is 202 g/mol. The molecule has 16 heavy (non-hydrogen) atoms. The van der Waals surface area contributed by atoms with Crippen molar-refractivity contribution in [2.75, 3.05) is 0 Å². The molecular formula is C12H15N3O. The Morgan fingerprint density at radius 3 is 2.56 bits per heavy atom. The fourth-order valence-electron chi connectivity index (χ4n) is 1.79. The Labute approximate surface area is 94.6 Å². The summed E-state index contributed by atoms with van der Waals surface area (Å²) >= 11 is 0. The lowest BCUT2D eigenvalue weighted by Crippen LogP contribution is -2.09. The predicted molar refractivity (Wildman–Crippen MR) is 61.0 cm³/mol. The molecule has 2 aromatic rings. The molecule has 0 bridgehead atoms. The number of hydrogen-bond donors (Lipinski definition) is 1. The molecule has 0 radical (unpaired) electrons. The van der Waals surface area contributed by atoms with Gasteiger partial charge in [0.05, 0.1) is 6.54 Å². The maximum absolute atomic E-state index is 9.10. The minimum Gasteiger partial charge on any atom is -0.388 e. The molecule has 0 saturated heterocycles. The normalized spacial score (nSPS) is 10.7. The first kappa shape index (κ1) is 10.8. The zero-order chi connectivity index (χ0) is 11.5. The first-order chi connectivity index (χ1) is 7.72. The second-order valence-corrected chi connectivity index (χ2v) is 3.86. The Hall–Kier alpha value is -1.68. The molecule has 0 amide bonds. The van der Waals surface area contributed by atoms with Gasteiger partial charge in [0, 0.05) is 0 Å². The van der Waals surface area contributed by atoms with E-state index in [1.807, 2.05) is 6.07 Å². The van der Waals surface area contributed by atoms with Crippen LogP contribution in [0.15, 0.2) is 24.5 Å². The molecule has 0 unspecified atom stereocenters. The molecule has 4 heteroatoms. The van der Waals surface area contributed by atoms with Crippen LogP contribution in [0.3, 0.4) is 0 Å². The zero-order valence-corrected chi connectivity index (χ0v) is 9.51. The highest BCUT2D eigenvalue weighted by Gasteiger charge is 2.07. The van der Waals surface area contributed by atoms with Crippen molar-refractivity contribution in [1.29, 1.82) is 0 Å². The van der Waals surface area contributed by atoms with Gasteiger partial charge in [-0.1, -0.05) is 18.2 Å². The van der Waals surface area contributed by atoms with E-state index in [0.717, 1.165) is 0 Å². The van der Waals surface area contributed by atoms with Gasteiger partial charge in [-0.05, 0) is 30.5 Å². The van der Waals surface area contributed by atoms with Gasteiger partial charge >= 0.3 is 0 Å². The number of aromatic nitrogens is 3. The van der Waals surface area contributed by atoms with Gasteiger partial charge in [-0.15, -0.1) is 0 Å². The van der Waals surface area contributed by atoms with Gasteiger partial charge in [0.2, 0.25) is 0 Å². The number of nitrogens with zero attached hydrogens (tertiary/aromatic N) is 3. The Morgan fingerprint density at radius 1 is 1.25 bits per heavy atom. The van der Waals surface area contributed by atoms with Crippen molar-refractivity contribution >= 4 is 0 Å². The molecule has 1 aromatic heterocycles. The third-order valence-corrected chi connectivity index (χ3v) is 2.79. The summed E-state index contributed by atoms with van der Waals surface area (Å²) in [6.07, 6.45) is 1.47. The topological polar surface area (TPSA) is 50.9 Å². The van der Waals surface area contributed by atoms with Crippen LogP contribution in [0.25, 0.3) is 0 Å². The van der Waals surface area contributed by atoms with Gasteiger partial charge in [-0.25, -0.2) is 9.67 Å². The van der Waals surface area contributed by atoms with E-state index in [4.69, 9.17) is 5.11 Å². The third-order valence-electron chi connectivity index (χ3n) is 2.79. The highest BCUT2D eigenvalue weighted by molar-refractivity contribution is 5.33. The molecule has 0 aliphatic rings. The minimum atomic E-state index is -0.0784. The molecule has 1 aromatic carbocycles. The van der Waals surface area contributed by atoms with E-state index in [-0.39, 0.29) is 6.61 Å². The molecule has 2 rings (SSSR count). The number of aryl methyl sites for hydroxylation is 2. The van der Waals surface area contributed by atoms with E-state index in [1.54, 1.807) is 4.68 Å². The van der Waals surface area contributed by atoms with Crippen LogP contribution in [0.4, 0.5) is 0 Å². The van der Waals surface area contributed by atoms with E-state index in [2.05, 4.69) is 36.1 Å². The molecule has 0 aliphatic heterocycles. The van der Waals surface area contributed by atoms with Crippen molar-refractivity contribution in [2.24, 2.45) is 0 Å². The largest absolute Gasteiger partial charge is 0.388 e. The smallest absolute Gasteiger partial charge is 0.152 e. The van der Waals surface area contributed by atoms with Crippen molar-refractivity contribution in [3.8, 4) is 0 Å². The molecule has 4 nitrogen and oxygen atoms in total. The van der Waals surface area contributed by atoms with Crippen molar-refractivity contribution < 1.29 is 5.11 Å². The summed E-state index contributed by atoms with van der Waals surface area (Å²) in [7, 11) is 0. The van der Waals surface area contributed by atoms with Gasteiger partial charge in [-0.3, -0.25) is 0 Å². The number of aliphatic hydroxyl groups excluding tert-OH is 1. The second kappa shape index (κ2) is 4.45. The summed E-state index contributed by atoms with van der Waals surface area (Å²) in [4.78, 5) is 3.99. The molecule has 0 spiro atoms. The lowest BCUT2D eigenvalue weighted by atomic mass is 10.0. The summed E-state index contributed by atoms with van der Waals surface area (Å²) < 4.78 is 1.73. The van der Waals surface area contributed by atoms with Crippen LogP contribution in [0.1, 0.15) is 22.5 Å². The van der Waals surface area contributed by atoms with Crippen LogP contribution in [0.2, 0.25) is 0 Å². The summed E-state index contributed by atoms with van der Waals surface area (Å²) in [6.45, 7) is 4.75. The standard InChI is InChI=1S/C12H15N3O/c1-9-4-3-5-10(2)11(9)6-15-12(7-16)13-8-14-15/h3-5,8,16H,6-7H2,1-2H3. The molecule has 0 saturated carbocycles. The molecule has 84 valence electrons. The van der Waals surface area contributed by atoms with Crippen LogP contribution in [-0.2, 0) is 13.2 Å². The minimum absolute atomic E-state index is 0.0784. The van der Waals surface area contributed by atoms with E-state index < -0.39 is 0 Å². The van der Waals surface area contributed by atoms with Gasteiger partial charge in [0.25, 0.3) is 0 Å². The average Bonchev–Trinajstić information content (AvgIpc) is 2.71. The van der Waals surface area contributed by atoms with Gasteiger partial charge in [-0.2, -0.15) is 5.10 Å². The summed E-state index contributed by atoms with van der Waals surface area (Å²) in [6, 6.07) is 6.21. The van der Waals surface area contributed by atoms with Crippen LogP contribution in [0.5, 0.6) is 0 Å². The van der Waals surface area contributed by atoms with Crippen molar-refractivity contribution in [2.45, 2.75) is 27.0 Å². The van der Waals surface area contributed by atoms with Crippen LogP contribution in [-0.4, -0.2) is 19.9 Å².